The summed E-state index contributed by atoms with van der Waals surface area (Å²) in [5.74, 6) is 0.924. The van der Waals surface area contributed by atoms with Crippen LogP contribution in [0.5, 0.6) is 5.75 Å². The summed E-state index contributed by atoms with van der Waals surface area (Å²) in [6.45, 7) is 0.812. The zero-order chi connectivity index (χ0) is 13.7. The monoisotopic (exact) mass is 320 g/mol. The number of anilines is 2. The molecular weight excluding hydrogens is 304 g/mol. The summed E-state index contributed by atoms with van der Waals surface area (Å²) in [6.07, 6.45) is 0.888. The Balaban J connectivity index is 1.96. The van der Waals surface area contributed by atoms with Crippen molar-refractivity contribution in [2.75, 3.05) is 24.7 Å². The summed E-state index contributed by atoms with van der Waals surface area (Å²) in [4.78, 5) is 0. The number of benzene rings is 2. The first kappa shape index (κ1) is 13.7. The molecule has 0 atom stereocenters. The number of nitrogen functional groups attached to an aromatic ring is 1. The lowest BCUT2D eigenvalue weighted by molar-refractivity contribution is 0.410. The average Bonchev–Trinajstić information content (AvgIpc) is 2.42. The molecule has 2 rings (SSSR count). The van der Waals surface area contributed by atoms with Crippen molar-refractivity contribution >= 4 is 27.3 Å². The van der Waals surface area contributed by atoms with Gasteiger partial charge >= 0.3 is 0 Å². The molecule has 0 unspecified atom stereocenters. The minimum Gasteiger partial charge on any atom is -0.496 e. The minimum absolute atomic E-state index is 0.745. The highest BCUT2D eigenvalue weighted by molar-refractivity contribution is 9.10. The number of ether oxygens (including phenoxy) is 1. The third-order valence-electron chi connectivity index (χ3n) is 2.92. The molecule has 0 saturated carbocycles. The molecule has 0 radical (unpaired) electrons. The molecule has 0 amide bonds. The molecule has 100 valence electrons. The summed E-state index contributed by atoms with van der Waals surface area (Å²) in [7, 11) is 1.69. The summed E-state index contributed by atoms with van der Waals surface area (Å²) < 4.78 is 6.32. The van der Waals surface area contributed by atoms with E-state index < -0.39 is 0 Å². The van der Waals surface area contributed by atoms with Crippen LogP contribution in [0, 0.1) is 0 Å². The normalized spacial score (nSPS) is 10.2. The second-order valence-electron chi connectivity index (χ2n) is 4.22. The molecule has 0 aliphatic carbocycles. The molecule has 2 aromatic carbocycles. The van der Waals surface area contributed by atoms with Gasteiger partial charge in [0.25, 0.3) is 0 Å². The molecule has 0 spiro atoms. The van der Waals surface area contributed by atoms with Crippen molar-refractivity contribution in [2.24, 2.45) is 0 Å². The molecule has 0 aliphatic heterocycles. The van der Waals surface area contributed by atoms with Gasteiger partial charge in [-0.15, -0.1) is 0 Å². The number of rotatable bonds is 5. The zero-order valence-corrected chi connectivity index (χ0v) is 12.4. The lowest BCUT2D eigenvalue weighted by atomic mass is 10.1. The van der Waals surface area contributed by atoms with Crippen LogP contribution in [-0.2, 0) is 6.42 Å². The Bertz CT molecular complexity index is 558. The molecule has 0 heterocycles. The Morgan fingerprint density at radius 3 is 2.74 bits per heavy atom. The van der Waals surface area contributed by atoms with Crippen molar-refractivity contribution in [3.63, 3.8) is 0 Å². The van der Waals surface area contributed by atoms with Crippen molar-refractivity contribution in [2.45, 2.75) is 6.42 Å². The van der Waals surface area contributed by atoms with E-state index in [0.29, 0.717) is 0 Å². The lowest BCUT2D eigenvalue weighted by Gasteiger charge is -2.11. The van der Waals surface area contributed by atoms with Gasteiger partial charge in [-0.25, -0.2) is 0 Å². The Morgan fingerprint density at radius 1 is 1.21 bits per heavy atom. The molecule has 4 heteroatoms. The summed E-state index contributed by atoms with van der Waals surface area (Å²) in [6, 6.07) is 13.9. The molecule has 3 nitrogen and oxygen atoms in total. The summed E-state index contributed by atoms with van der Waals surface area (Å²) in [5, 5.41) is 3.34. The van der Waals surface area contributed by atoms with Gasteiger partial charge in [0.15, 0.2) is 0 Å². The SMILES string of the molecule is COc1ccccc1CCNc1ccc(Br)cc1N. The Hall–Kier alpha value is -1.68. The quantitative estimate of drug-likeness (QED) is 0.826. The number of hydrogen-bond acceptors (Lipinski definition) is 3. The van der Waals surface area contributed by atoms with Gasteiger partial charge in [0, 0.05) is 11.0 Å². The second kappa shape index (κ2) is 6.48. The largest absolute Gasteiger partial charge is 0.496 e. The predicted molar refractivity (Wildman–Crippen MR) is 83.7 cm³/mol. The van der Waals surface area contributed by atoms with Crippen LogP contribution < -0.4 is 15.8 Å². The van der Waals surface area contributed by atoms with Crippen LogP contribution in [0.2, 0.25) is 0 Å². The maximum absolute atomic E-state index is 5.94. The van der Waals surface area contributed by atoms with Gasteiger partial charge in [-0.1, -0.05) is 34.1 Å². The highest BCUT2D eigenvalue weighted by atomic mass is 79.9. The van der Waals surface area contributed by atoms with Gasteiger partial charge in [0.05, 0.1) is 18.5 Å². The fourth-order valence-electron chi connectivity index (χ4n) is 1.94. The van der Waals surface area contributed by atoms with Crippen LogP contribution in [0.25, 0.3) is 0 Å². The van der Waals surface area contributed by atoms with Crippen molar-refractivity contribution in [3.8, 4) is 5.75 Å². The standard InChI is InChI=1S/C15H17BrN2O/c1-19-15-5-3-2-4-11(15)8-9-18-14-7-6-12(16)10-13(14)17/h2-7,10,18H,8-9,17H2,1H3. The number of halogens is 1. The van der Waals surface area contributed by atoms with Crippen molar-refractivity contribution in [1.29, 1.82) is 0 Å². The highest BCUT2D eigenvalue weighted by Gasteiger charge is 2.02. The van der Waals surface area contributed by atoms with E-state index >= 15 is 0 Å². The van der Waals surface area contributed by atoms with Crippen LogP contribution in [0.3, 0.4) is 0 Å². The predicted octanol–water partition coefficient (Wildman–Crippen LogP) is 3.69. The van der Waals surface area contributed by atoms with Gasteiger partial charge in [-0.05, 0) is 36.2 Å². The second-order valence-corrected chi connectivity index (χ2v) is 5.14. The first-order valence-electron chi connectivity index (χ1n) is 6.11. The smallest absolute Gasteiger partial charge is 0.122 e. The molecule has 0 fully saturated rings. The first-order valence-corrected chi connectivity index (χ1v) is 6.91. The third kappa shape index (κ3) is 3.64. The maximum atomic E-state index is 5.94. The van der Waals surface area contributed by atoms with E-state index in [2.05, 4.69) is 27.3 Å². The topological polar surface area (TPSA) is 47.3 Å². The minimum atomic E-state index is 0.745. The van der Waals surface area contributed by atoms with Crippen LogP contribution >= 0.6 is 15.9 Å². The summed E-state index contributed by atoms with van der Waals surface area (Å²) in [5.41, 5.74) is 8.83. The molecule has 0 aromatic heterocycles. The molecule has 2 aromatic rings. The van der Waals surface area contributed by atoms with E-state index in [0.717, 1.165) is 34.6 Å². The Kier molecular flexibility index (Phi) is 4.68. The molecule has 3 N–H and O–H groups in total. The van der Waals surface area contributed by atoms with E-state index in [9.17, 15) is 0 Å². The van der Waals surface area contributed by atoms with Gasteiger partial charge in [0.2, 0.25) is 0 Å². The molecule has 0 saturated heterocycles. The fourth-order valence-corrected chi connectivity index (χ4v) is 2.31. The zero-order valence-electron chi connectivity index (χ0n) is 10.8. The molecule has 19 heavy (non-hydrogen) atoms. The van der Waals surface area contributed by atoms with Crippen LogP contribution in [-0.4, -0.2) is 13.7 Å². The van der Waals surface area contributed by atoms with Crippen molar-refractivity contribution < 1.29 is 4.74 Å². The number of para-hydroxylation sites is 1. The maximum Gasteiger partial charge on any atom is 0.122 e. The van der Waals surface area contributed by atoms with Crippen LogP contribution in [0.15, 0.2) is 46.9 Å². The lowest BCUT2D eigenvalue weighted by Crippen LogP contribution is -2.07. The highest BCUT2D eigenvalue weighted by Crippen LogP contribution is 2.23. The number of hydrogen-bond donors (Lipinski definition) is 2. The van der Waals surface area contributed by atoms with E-state index in [1.165, 1.54) is 5.56 Å². The van der Waals surface area contributed by atoms with Gasteiger partial charge in [-0.3, -0.25) is 0 Å². The number of nitrogens with two attached hydrogens (primary N) is 1. The Labute approximate surface area is 121 Å². The first-order chi connectivity index (χ1) is 9.20. The number of nitrogens with one attached hydrogen (secondary N) is 1. The van der Waals surface area contributed by atoms with E-state index in [1.54, 1.807) is 7.11 Å². The van der Waals surface area contributed by atoms with E-state index in [1.807, 2.05) is 36.4 Å². The fraction of sp³-hybridized carbons (Fsp3) is 0.200. The third-order valence-corrected chi connectivity index (χ3v) is 3.41. The Morgan fingerprint density at radius 2 is 2.00 bits per heavy atom. The van der Waals surface area contributed by atoms with Crippen molar-refractivity contribution in [3.05, 3.63) is 52.5 Å². The molecule has 0 aliphatic rings. The van der Waals surface area contributed by atoms with Crippen LogP contribution in [0.1, 0.15) is 5.56 Å². The van der Waals surface area contributed by atoms with Crippen LogP contribution in [0.4, 0.5) is 11.4 Å². The van der Waals surface area contributed by atoms with E-state index in [-0.39, 0.29) is 0 Å². The number of methoxy groups -OCH3 is 1. The molecule has 0 bridgehead atoms. The molecular formula is C15H17BrN2O. The van der Waals surface area contributed by atoms with Gasteiger partial charge in [-0.2, -0.15) is 0 Å². The van der Waals surface area contributed by atoms with Gasteiger partial charge < -0.3 is 15.8 Å². The average molecular weight is 321 g/mol. The van der Waals surface area contributed by atoms with E-state index in [4.69, 9.17) is 10.5 Å². The van der Waals surface area contributed by atoms with Crippen molar-refractivity contribution in [1.82, 2.24) is 0 Å². The summed E-state index contributed by atoms with van der Waals surface area (Å²) >= 11 is 3.40. The van der Waals surface area contributed by atoms with Gasteiger partial charge in [0.1, 0.15) is 5.75 Å².